The fraction of sp³-hybridized carbons (Fsp3) is 0.650. The van der Waals surface area contributed by atoms with E-state index < -0.39 is 36.4 Å². The van der Waals surface area contributed by atoms with Gasteiger partial charge in [0.2, 0.25) is 0 Å². The van der Waals surface area contributed by atoms with Crippen LogP contribution in [0.15, 0.2) is 36.7 Å². The van der Waals surface area contributed by atoms with E-state index in [0.29, 0.717) is 47.8 Å². The van der Waals surface area contributed by atoms with Crippen LogP contribution >= 0.6 is 30.4 Å². The van der Waals surface area contributed by atoms with E-state index in [4.69, 9.17) is 56.5 Å². The lowest BCUT2D eigenvalue weighted by Gasteiger charge is -2.29. The van der Waals surface area contributed by atoms with Gasteiger partial charge in [-0.3, -0.25) is 32.9 Å². The average molecular weight is 994 g/mol. The number of rotatable bonds is 34. The molecular weight excluding hydrogens is 926 g/mol. The molecular formula is C40H67N7O14P4. The number of carboxylic acids is 1. The largest absolute Gasteiger partial charge is 0.481 e. The van der Waals surface area contributed by atoms with Crippen LogP contribution in [0, 0.1) is 11.8 Å². The molecule has 0 aliphatic rings. The Labute approximate surface area is 383 Å². The molecule has 0 fully saturated rings. The molecule has 3 heterocycles. The molecule has 3 rings (SSSR count). The fourth-order valence-corrected chi connectivity index (χ4v) is 13.6. The maximum atomic E-state index is 13.7. The Hall–Kier alpha value is -2.88. The van der Waals surface area contributed by atoms with Crippen LogP contribution in [0.25, 0.3) is 11.6 Å². The predicted molar refractivity (Wildman–Crippen MR) is 245 cm³/mol. The lowest BCUT2D eigenvalue weighted by Crippen LogP contribution is -2.28. The third-order valence-electron chi connectivity index (χ3n) is 8.60. The molecule has 0 saturated heterocycles. The maximum absolute atomic E-state index is 13.7. The van der Waals surface area contributed by atoms with Gasteiger partial charge >= 0.3 is 36.4 Å². The number of hydrogen-bond donors (Lipinski definition) is 1. The van der Waals surface area contributed by atoms with Gasteiger partial charge in [-0.15, -0.1) is 0 Å². The van der Waals surface area contributed by atoms with Gasteiger partial charge in [0.15, 0.2) is 11.6 Å². The van der Waals surface area contributed by atoms with E-state index in [-0.39, 0.29) is 97.5 Å². The molecule has 3 aromatic rings. The summed E-state index contributed by atoms with van der Waals surface area (Å²) in [5.74, 6) is 6.14. The van der Waals surface area contributed by atoms with Gasteiger partial charge in [0, 0.05) is 43.9 Å². The van der Waals surface area contributed by atoms with Crippen LogP contribution in [0.5, 0.6) is 0 Å². The van der Waals surface area contributed by atoms with Crippen molar-refractivity contribution in [2.24, 2.45) is 0 Å². The van der Waals surface area contributed by atoms with Gasteiger partial charge in [-0.2, -0.15) is 10.2 Å². The van der Waals surface area contributed by atoms with Crippen molar-refractivity contribution >= 4 is 36.4 Å². The quantitative estimate of drug-likeness (QED) is 0.0334. The summed E-state index contributed by atoms with van der Waals surface area (Å²) in [5.41, 5.74) is 1.56. The second-order valence-electron chi connectivity index (χ2n) is 14.0. The van der Waals surface area contributed by atoms with Crippen LogP contribution in [-0.2, 0) is 72.3 Å². The van der Waals surface area contributed by atoms with Gasteiger partial charge in [0.1, 0.15) is 25.1 Å². The summed E-state index contributed by atoms with van der Waals surface area (Å²) >= 11 is 0. The Morgan fingerprint density at radius 1 is 0.585 bits per heavy atom. The second-order valence-corrected chi connectivity index (χ2v) is 22.1. The Kier molecular flexibility index (Phi) is 24.7. The van der Waals surface area contributed by atoms with Crippen LogP contribution in [0.1, 0.15) is 98.0 Å². The summed E-state index contributed by atoms with van der Waals surface area (Å²) in [6.45, 7) is 14.8. The molecule has 0 aliphatic heterocycles. The van der Waals surface area contributed by atoms with Gasteiger partial charge in [-0.1, -0.05) is 11.8 Å². The molecule has 0 aliphatic carbocycles. The third kappa shape index (κ3) is 19.7. The van der Waals surface area contributed by atoms with Crippen molar-refractivity contribution in [3.05, 3.63) is 53.6 Å². The van der Waals surface area contributed by atoms with Gasteiger partial charge in [0.05, 0.1) is 64.2 Å². The fourth-order valence-electron chi connectivity index (χ4n) is 6.39. The van der Waals surface area contributed by atoms with Crippen molar-refractivity contribution in [1.29, 1.82) is 0 Å². The van der Waals surface area contributed by atoms with Crippen LogP contribution in [0.3, 0.4) is 0 Å². The van der Waals surface area contributed by atoms with Crippen LogP contribution in [0.2, 0.25) is 0 Å². The molecule has 0 radical (unpaired) electrons. The van der Waals surface area contributed by atoms with E-state index in [9.17, 15) is 23.1 Å². The minimum atomic E-state index is -3.66. The van der Waals surface area contributed by atoms with Crippen molar-refractivity contribution in [3.8, 4) is 23.5 Å². The zero-order valence-corrected chi connectivity index (χ0v) is 42.4. The molecule has 3 aromatic heterocycles. The molecule has 0 saturated carbocycles. The van der Waals surface area contributed by atoms with Gasteiger partial charge < -0.3 is 41.3 Å². The number of nitrogens with zero attached hydrogens (tertiary/aromatic N) is 7. The van der Waals surface area contributed by atoms with E-state index in [1.54, 1.807) is 102 Å². The zero-order chi connectivity index (χ0) is 47.9. The summed E-state index contributed by atoms with van der Waals surface area (Å²) in [4.78, 5) is 19.1. The van der Waals surface area contributed by atoms with E-state index in [0.717, 1.165) is 0 Å². The Morgan fingerprint density at radius 2 is 0.923 bits per heavy atom. The normalized spacial score (nSPS) is 12.6. The number of unbranched alkanes of at least 4 members (excludes halogenated alkanes) is 2. The molecule has 65 heavy (non-hydrogen) atoms. The first kappa shape index (κ1) is 56.4. The highest BCUT2D eigenvalue weighted by Crippen LogP contribution is 2.54. The van der Waals surface area contributed by atoms with Crippen molar-refractivity contribution in [2.45, 2.75) is 94.2 Å². The van der Waals surface area contributed by atoms with Crippen LogP contribution in [0.4, 0.5) is 0 Å². The third-order valence-corrected chi connectivity index (χ3v) is 16.8. The summed E-state index contributed by atoms with van der Waals surface area (Å²) in [6.07, 6.45) is 4.12. The smallest absolute Gasteiger partial charge is 0.344 e. The van der Waals surface area contributed by atoms with Crippen LogP contribution < -0.4 is 0 Å². The van der Waals surface area contributed by atoms with Crippen molar-refractivity contribution in [2.75, 3.05) is 78.0 Å². The SMILES string of the molecule is CCOP(=O)(CN(Cc1ccn(-c2cc(C#CCCCCC(=O)O)cc(-n3ccc(CN(CP(=O)(OCC)OCC)CP(=O)(OCC)OCC)n3)n2)n1)CP(=O)(OCC)OCC)OCC. The van der Waals surface area contributed by atoms with Gasteiger partial charge in [0.25, 0.3) is 0 Å². The summed E-state index contributed by atoms with van der Waals surface area (Å²) in [5, 5.41) is 18.6. The molecule has 366 valence electrons. The molecule has 21 nitrogen and oxygen atoms in total. The highest BCUT2D eigenvalue weighted by molar-refractivity contribution is 7.55. The number of aromatic nitrogens is 5. The van der Waals surface area contributed by atoms with Crippen molar-refractivity contribution in [1.82, 2.24) is 34.3 Å². The average Bonchev–Trinajstić information content (AvgIpc) is 3.89. The molecule has 0 atom stereocenters. The first-order valence-corrected chi connectivity index (χ1v) is 28.7. The Balaban J connectivity index is 2.07. The van der Waals surface area contributed by atoms with Crippen molar-refractivity contribution in [3.63, 3.8) is 0 Å². The van der Waals surface area contributed by atoms with Crippen LogP contribution in [-0.4, -0.2) is 123 Å². The van der Waals surface area contributed by atoms with E-state index in [2.05, 4.69) is 11.8 Å². The topological polar surface area (TPSA) is 234 Å². The molecule has 1 N–H and O–H groups in total. The molecule has 0 spiro atoms. The maximum Gasteiger partial charge on any atom is 0.344 e. The Bertz CT molecular complexity index is 1950. The van der Waals surface area contributed by atoms with E-state index in [1.807, 2.05) is 0 Å². The minimum Gasteiger partial charge on any atom is -0.481 e. The molecule has 0 unspecified atom stereocenters. The predicted octanol–water partition coefficient (Wildman–Crippen LogP) is 8.95. The zero-order valence-electron chi connectivity index (χ0n) is 38.9. The summed E-state index contributed by atoms with van der Waals surface area (Å²) in [7, 11) is -14.7. The first-order chi connectivity index (χ1) is 31.0. The molecule has 0 aromatic carbocycles. The van der Waals surface area contributed by atoms with Gasteiger partial charge in [-0.05, 0) is 92.5 Å². The molecule has 0 bridgehead atoms. The minimum absolute atomic E-state index is 0.0522. The number of carbonyl (C=O) groups is 1. The highest BCUT2D eigenvalue weighted by Gasteiger charge is 2.35. The second kappa shape index (κ2) is 28.4. The lowest BCUT2D eigenvalue weighted by atomic mass is 10.2. The monoisotopic (exact) mass is 993 g/mol. The molecule has 0 amide bonds. The van der Waals surface area contributed by atoms with Crippen molar-refractivity contribution < 1.29 is 64.4 Å². The van der Waals surface area contributed by atoms with E-state index in [1.165, 1.54) is 9.36 Å². The lowest BCUT2D eigenvalue weighted by molar-refractivity contribution is -0.137. The standard InChI is InChI=1S/C40H67N7O14P4/c1-9-54-62(50,55-10-2)31-44(32-63(51,56-11-3)57-12-4)29-36-23-25-46(42-36)38-27-35(21-19-17-18-20-22-40(48)49)28-39(41-38)47-26-24-37(43-47)30-45(33-64(52,58-13-5)59-14-6)34-65(53,60-15-7)61-16-8/h23-28H,9-18,20,22,29-34H2,1-8H3,(H,48,49). The Morgan fingerprint density at radius 3 is 1.23 bits per heavy atom. The molecule has 25 heteroatoms. The summed E-state index contributed by atoms with van der Waals surface area (Å²) < 4.78 is 103. The number of carboxylic acid groups (broad SMARTS) is 1. The van der Waals surface area contributed by atoms with Gasteiger partial charge in [-0.25, -0.2) is 14.3 Å². The number of pyridine rings is 1. The highest BCUT2D eigenvalue weighted by atomic mass is 31.2. The van der Waals surface area contributed by atoms with E-state index >= 15 is 0 Å². The summed E-state index contributed by atoms with van der Waals surface area (Å²) in [6, 6.07) is 6.95. The number of aliphatic carboxylic acids is 1. The number of hydrogen-bond acceptors (Lipinski definition) is 18. The first-order valence-electron chi connectivity index (χ1n) is 21.8.